The highest BCUT2D eigenvalue weighted by atomic mass is 32.1. The van der Waals surface area contributed by atoms with Crippen LogP contribution in [0.1, 0.15) is 25.3 Å². The molecular formula is C21H23N3O2S. The van der Waals surface area contributed by atoms with Crippen molar-refractivity contribution in [3.05, 3.63) is 64.3 Å². The van der Waals surface area contributed by atoms with Crippen LogP contribution < -0.4 is 9.54 Å². The minimum atomic E-state index is 0.109. The number of thiazole rings is 1. The number of unbranched alkanes of at least 4 members (excludes halogenated alkanes) is 1. The minimum Gasteiger partial charge on any atom is -0.504 e. The average molecular weight is 382 g/mol. The fourth-order valence-corrected chi connectivity index (χ4v) is 3.42. The predicted molar refractivity (Wildman–Crippen MR) is 111 cm³/mol. The maximum absolute atomic E-state index is 9.76. The highest BCUT2D eigenvalue weighted by Crippen LogP contribution is 2.25. The Balaban J connectivity index is 2.01. The van der Waals surface area contributed by atoms with Gasteiger partial charge in [0.1, 0.15) is 0 Å². The normalized spacial score (nSPS) is 12.0. The average Bonchev–Trinajstić information content (AvgIpc) is 3.11. The third-order valence-corrected chi connectivity index (χ3v) is 4.89. The van der Waals surface area contributed by atoms with Crippen molar-refractivity contribution in [2.24, 2.45) is 10.1 Å². The van der Waals surface area contributed by atoms with Crippen molar-refractivity contribution >= 4 is 17.6 Å². The summed E-state index contributed by atoms with van der Waals surface area (Å²) in [5, 5.41) is 16.5. The zero-order valence-electron chi connectivity index (χ0n) is 15.5. The van der Waals surface area contributed by atoms with E-state index in [1.807, 2.05) is 22.9 Å². The Morgan fingerprint density at radius 1 is 1.19 bits per heavy atom. The molecular weight excluding hydrogens is 358 g/mol. The molecule has 1 aromatic heterocycles. The molecule has 5 nitrogen and oxygen atoms in total. The van der Waals surface area contributed by atoms with Crippen LogP contribution in [0.25, 0.3) is 11.3 Å². The first-order valence-corrected chi connectivity index (χ1v) is 9.78. The second-order valence-electron chi connectivity index (χ2n) is 5.99. The van der Waals surface area contributed by atoms with Crippen molar-refractivity contribution < 1.29 is 9.84 Å². The van der Waals surface area contributed by atoms with Crippen LogP contribution >= 0.6 is 11.3 Å². The lowest BCUT2D eigenvalue weighted by Gasteiger charge is -2.05. The molecule has 0 bridgehead atoms. The van der Waals surface area contributed by atoms with Crippen molar-refractivity contribution in [3.8, 4) is 22.8 Å². The first kappa shape index (κ1) is 18.9. The molecule has 140 valence electrons. The quantitative estimate of drug-likeness (QED) is 0.483. The number of rotatable bonds is 7. The van der Waals surface area contributed by atoms with Gasteiger partial charge in [-0.1, -0.05) is 43.7 Å². The maximum atomic E-state index is 9.76. The lowest BCUT2D eigenvalue weighted by atomic mass is 10.2. The summed E-state index contributed by atoms with van der Waals surface area (Å²) in [5.41, 5.74) is 2.92. The van der Waals surface area contributed by atoms with E-state index in [9.17, 15) is 5.11 Å². The van der Waals surface area contributed by atoms with Gasteiger partial charge in [-0.15, -0.1) is 11.3 Å². The Labute approximate surface area is 162 Å². The van der Waals surface area contributed by atoms with Gasteiger partial charge in [-0.05, 0) is 30.2 Å². The molecule has 6 heteroatoms. The Kier molecular flexibility index (Phi) is 6.44. The Morgan fingerprint density at radius 3 is 2.74 bits per heavy atom. The highest BCUT2D eigenvalue weighted by Gasteiger charge is 2.07. The van der Waals surface area contributed by atoms with Crippen molar-refractivity contribution in [2.45, 2.75) is 19.8 Å². The summed E-state index contributed by atoms with van der Waals surface area (Å²) in [6.45, 7) is 2.94. The number of phenolic OH excluding ortho intramolecular Hbond substituents is 1. The van der Waals surface area contributed by atoms with Crippen LogP contribution in [0.15, 0.2) is 64.0 Å². The van der Waals surface area contributed by atoms with E-state index in [4.69, 9.17) is 9.73 Å². The van der Waals surface area contributed by atoms with E-state index < -0.39 is 0 Å². The van der Waals surface area contributed by atoms with Crippen LogP contribution in [0.4, 0.5) is 0 Å². The molecule has 0 aliphatic carbocycles. The Hall–Kier alpha value is -2.86. The molecule has 0 spiro atoms. The highest BCUT2D eigenvalue weighted by molar-refractivity contribution is 7.07. The first-order valence-electron chi connectivity index (χ1n) is 8.90. The van der Waals surface area contributed by atoms with Gasteiger partial charge in [-0.25, -0.2) is 4.68 Å². The minimum absolute atomic E-state index is 0.109. The van der Waals surface area contributed by atoms with Crippen molar-refractivity contribution in [1.82, 2.24) is 4.68 Å². The number of nitrogens with zero attached hydrogens (tertiary/aromatic N) is 3. The van der Waals surface area contributed by atoms with E-state index >= 15 is 0 Å². The van der Waals surface area contributed by atoms with Gasteiger partial charge < -0.3 is 9.84 Å². The largest absolute Gasteiger partial charge is 0.504 e. The van der Waals surface area contributed by atoms with Gasteiger partial charge in [0.2, 0.25) is 4.80 Å². The predicted octanol–water partition coefficient (Wildman–Crippen LogP) is 4.51. The maximum Gasteiger partial charge on any atom is 0.206 e. The summed E-state index contributed by atoms with van der Waals surface area (Å²) in [4.78, 5) is 5.57. The third-order valence-electron chi connectivity index (χ3n) is 4.04. The molecule has 0 amide bonds. The van der Waals surface area contributed by atoms with E-state index in [2.05, 4.69) is 29.5 Å². The zero-order chi connectivity index (χ0) is 19.1. The third kappa shape index (κ3) is 4.65. The van der Waals surface area contributed by atoms with Crippen LogP contribution in [0.2, 0.25) is 0 Å². The standard InChI is InChI=1S/C21H23N3O2S/c1-3-4-12-22-21-24(18(15-27-21)17-8-6-5-7-9-17)23-14-16-10-11-19(25)20(13-16)26-2/h5-11,13-15,25H,3-4,12H2,1-2H3/b22-21?,23-14+. The van der Waals surface area contributed by atoms with Crippen LogP contribution in [0.5, 0.6) is 11.5 Å². The van der Waals surface area contributed by atoms with E-state index in [1.165, 1.54) is 7.11 Å². The monoisotopic (exact) mass is 381 g/mol. The SMILES string of the molecule is CCCCN=c1scc(-c2ccccc2)n1/N=C/c1ccc(O)c(OC)c1. The summed E-state index contributed by atoms with van der Waals surface area (Å²) in [6, 6.07) is 15.3. The van der Waals surface area contributed by atoms with E-state index in [0.29, 0.717) is 5.75 Å². The van der Waals surface area contributed by atoms with Gasteiger partial charge >= 0.3 is 0 Å². The fourth-order valence-electron chi connectivity index (χ4n) is 2.56. The van der Waals surface area contributed by atoms with Crippen LogP contribution in [-0.2, 0) is 0 Å². The molecule has 27 heavy (non-hydrogen) atoms. The summed E-state index contributed by atoms with van der Waals surface area (Å²) in [6.07, 6.45) is 3.91. The molecule has 1 N–H and O–H groups in total. The second-order valence-corrected chi connectivity index (χ2v) is 6.83. The van der Waals surface area contributed by atoms with Crippen molar-refractivity contribution in [3.63, 3.8) is 0 Å². The molecule has 0 saturated carbocycles. The summed E-state index contributed by atoms with van der Waals surface area (Å²) in [7, 11) is 1.53. The number of methoxy groups -OCH3 is 1. The first-order chi connectivity index (χ1) is 13.2. The summed E-state index contributed by atoms with van der Waals surface area (Å²) < 4.78 is 7.04. The summed E-state index contributed by atoms with van der Waals surface area (Å²) >= 11 is 1.58. The van der Waals surface area contributed by atoms with Gasteiger partial charge in [0.15, 0.2) is 11.5 Å². The number of aromatic nitrogens is 1. The number of aromatic hydroxyl groups is 1. The van der Waals surface area contributed by atoms with Crippen molar-refractivity contribution in [2.75, 3.05) is 13.7 Å². The van der Waals surface area contributed by atoms with Gasteiger partial charge in [0.25, 0.3) is 0 Å². The Bertz CT molecular complexity index is 975. The molecule has 2 aromatic carbocycles. The fraction of sp³-hybridized carbons (Fsp3) is 0.238. The van der Waals surface area contributed by atoms with Crippen molar-refractivity contribution in [1.29, 1.82) is 0 Å². The Morgan fingerprint density at radius 2 is 2.00 bits per heavy atom. The number of ether oxygens (including phenoxy) is 1. The molecule has 1 heterocycles. The van der Waals surface area contributed by atoms with Gasteiger partial charge in [-0.2, -0.15) is 5.10 Å². The zero-order valence-corrected chi connectivity index (χ0v) is 16.3. The molecule has 0 radical (unpaired) electrons. The lowest BCUT2D eigenvalue weighted by Crippen LogP contribution is -2.12. The lowest BCUT2D eigenvalue weighted by molar-refractivity contribution is 0.373. The molecule has 0 atom stereocenters. The van der Waals surface area contributed by atoms with E-state index in [-0.39, 0.29) is 5.75 Å². The van der Waals surface area contributed by atoms with Gasteiger partial charge in [-0.3, -0.25) is 4.99 Å². The number of hydrogen-bond donors (Lipinski definition) is 1. The number of hydrogen-bond acceptors (Lipinski definition) is 5. The van der Waals surface area contributed by atoms with E-state index in [0.717, 1.165) is 41.0 Å². The number of benzene rings is 2. The molecule has 0 aliphatic heterocycles. The molecule has 0 unspecified atom stereocenters. The molecule has 0 aliphatic rings. The van der Waals surface area contributed by atoms with E-state index in [1.54, 1.807) is 35.8 Å². The van der Waals surface area contributed by atoms with Crippen LogP contribution in [0.3, 0.4) is 0 Å². The molecule has 3 rings (SSSR count). The molecule has 3 aromatic rings. The molecule has 0 saturated heterocycles. The smallest absolute Gasteiger partial charge is 0.206 e. The van der Waals surface area contributed by atoms with Gasteiger partial charge in [0.05, 0.1) is 19.0 Å². The van der Waals surface area contributed by atoms with Crippen LogP contribution in [-0.4, -0.2) is 29.7 Å². The topological polar surface area (TPSA) is 59.1 Å². The summed E-state index contributed by atoms with van der Waals surface area (Å²) in [5.74, 6) is 0.531. The van der Waals surface area contributed by atoms with Crippen LogP contribution in [0, 0.1) is 0 Å². The number of phenols is 1. The second kappa shape index (κ2) is 9.19. The van der Waals surface area contributed by atoms with Gasteiger partial charge in [0, 0.05) is 17.5 Å². The molecule has 0 fully saturated rings.